The molecule has 1 heterocycles. The van der Waals surface area contributed by atoms with Gasteiger partial charge in [-0.3, -0.25) is 0 Å². The zero-order valence-electron chi connectivity index (χ0n) is 11.4. The molecule has 3 rings (SSSR count). The van der Waals surface area contributed by atoms with Gasteiger partial charge in [-0.15, -0.1) is 0 Å². The standard InChI is InChI=1S/C17H18NO/c1-13-5-3-7-15(11-13)18-10-9-14-6-4-8-17(19-2)16(14)12-18/h3-8,11-12H,9-10H2,1-2H3/q+1. The summed E-state index contributed by atoms with van der Waals surface area (Å²) in [6, 6.07) is 14.9. The first-order valence-corrected chi connectivity index (χ1v) is 6.62. The van der Waals surface area contributed by atoms with Gasteiger partial charge in [0.05, 0.1) is 12.7 Å². The molecular weight excluding hydrogens is 234 g/mol. The molecule has 0 atom stereocenters. The molecule has 0 radical (unpaired) electrons. The van der Waals surface area contributed by atoms with Crippen molar-refractivity contribution in [2.75, 3.05) is 13.7 Å². The fourth-order valence-corrected chi connectivity index (χ4v) is 2.60. The molecular formula is C17H18NO+. The van der Waals surface area contributed by atoms with Crippen LogP contribution in [-0.2, 0) is 6.42 Å². The molecule has 0 aromatic heterocycles. The largest absolute Gasteiger partial charge is 0.496 e. The Morgan fingerprint density at radius 1 is 1.11 bits per heavy atom. The minimum absolute atomic E-state index is 0.954. The summed E-state index contributed by atoms with van der Waals surface area (Å²) >= 11 is 0. The van der Waals surface area contributed by atoms with E-state index in [4.69, 9.17) is 4.74 Å². The summed E-state index contributed by atoms with van der Waals surface area (Å²) in [7, 11) is 1.73. The van der Waals surface area contributed by atoms with Crippen molar-refractivity contribution in [2.24, 2.45) is 0 Å². The van der Waals surface area contributed by atoms with Crippen LogP contribution < -0.4 is 4.74 Å². The first-order valence-electron chi connectivity index (χ1n) is 6.62. The highest BCUT2D eigenvalue weighted by molar-refractivity contribution is 5.83. The van der Waals surface area contributed by atoms with E-state index < -0.39 is 0 Å². The third kappa shape index (κ3) is 2.26. The number of methoxy groups -OCH3 is 1. The van der Waals surface area contributed by atoms with Crippen LogP contribution >= 0.6 is 0 Å². The number of nitrogens with zero attached hydrogens (tertiary/aromatic N) is 1. The number of benzene rings is 2. The summed E-state index contributed by atoms with van der Waals surface area (Å²) in [6.45, 7) is 3.14. The van der Waals surface area contributed by atoms with Crippen LogP contribution in [-0.4, -0.2) is 24.4 Å². The molecule has 2 heteroatoms. The lowest BCUT2D eigenvalue weighted by molar-refractivity contribution is -0.436. The Hall–Kier alpha value is -2.09. The molecule has 0 unspecified atom stereocenters. The van der Waals surface area contributed by atoms with Gasteiger partial charge in [0.25, 0.3) is 0 Å². The van der Waals surface area contributed by atoms with Gasteiger partial charge in [0, 0.05) is 18.6 Å². The lowest BCUT2D eigenvalue weighted by Gasteiger charge is -2.14. The molecule has 96 valence electrons. The second-order valence-electron chi connectivity index (χ2n) is 4.94. The van der Waals surface area contributed by atoms with Crippen LogP contribution in [0.1, 0.15) is 16.7 Å². The van der Waals surface area contributed by atoms with E-state index in [0.29, 0.717) is 0 Å². The van der Waals surface area contributed by atoms with E-state index in [1.807, 2.05) is 6.07 Å². The quantitative estimate of drug-likeness (QED) is 0.747. The lowest BCUT2D eigenvalue weighted by Crippen LogP contribution is -2.19. The second kappa shape index (κ2) is 4.88. The van der Waals surface area contributed by atoms with Gasteiger partial charge in [-0.1, -0.05) is 24.3 Å². The number of rotatable bonds is 2. The van der Waals surface area contributed by atoms with Gasteiger partial charge in [-0.05, 0) is 24.1 Å². The van der Waals surface area contributed by atoms with Crippen molar-refractivity contribution in [1.82, 2.24) is 0 Å². The van der Waals surface area contributed by atoms with E-state index in [1.165, 1.54) is 22.4 Å². The maximum Gasteiger partial charge on any atom is 0.205 e. The summed E-state index contributed by atoms with van der Waals surface area (Å²) in [5, 5.41) is 0. The van der Waals surface area contributed by atoms with E-state index in [2.05, 4.69) is 54.1 Å². The molecule has 0 bridgehead atoms. The summed E-state index contributed by atoms with van der Waals surface area (Å²) in [5.74, 6) is 0.954. The normalized spacial score (nSPS) is 13.7. The van der Waals surface area contributed by atoms with Crippen molar-refractivity contribution in [3.05, 3.63) is 59.2 Å². The number of hydrogen-bond acceptors (Lipinski definition) is 1. The number of aryl methyl sites for hydroxylation is 1. The molecule has 0 aliphatic carbocycles. The molecule has 0 spiro atoms. The van der Waals surface area contributed by atoms with Gasteiger partial charge in [0.1, 0.15) is 5.75 Å². The molecule has 0 saturated carbocycles. The minimum Gasteiger partial charge on any atom is -0.496 e. The van der Waals surface area contributed by atoms with Crippen LogP contribution in [0.25, 0.3) is 0 Å². The van der Waals surface area contributed by atoms with Crippen molar-refractivity contribution in [1.29, 1.82) is 0 Å². The zero-order chi connectivity index (χ0) is 13.2. The highest BCUT2D eigenvalue weighted by Crippen LogP contribution is 2.25. The first kappa shape index (κ1) is 12.0. The zero-order valence-corrected chi connectivity index (χ0v) is 11.4. The van der Waals surface area contributed by atoms with E-state index in [-0.39, 0.29) is 0 Å². The molecule has 2 aromatic rings. The third-order valence-corrected chi connectivity index (χ3v) is 3.62. The Bertz CT molecular complexity index is 643. The van der Waals surface area contributed by atoms with Gasteiger partial charge < -0.3 is 4.74 Å². The fraction of sp³-hybridized carbons (Fsp3) is 0.235. The molecule has 1 aliphatic heterocycles. The lowest BCUT2D eigenvalue weighted by atomic mass is 10.0. The van der Waals surface area contributed by atoms with Crippen LogP contribution in [0, 0.1) is 6.92 Å². The Morgan fingerprint density at radius 3 is 2.74 bits per heavy atom. The van der Waals surface area contributed by atoms with Crippen molar-refractivity contribution < 1.29 is 9.31 Å². The van der Waals surface area contributed by atoms with Crippen LogP contribution in [0.5, 0.6) is 5.75 Å². The predicted molar refractivity (Wildman–Crippen MR) is 77.8 cm³/mol. The van der Waals surface area contributed by atoms with Gasteiger partial charge in [0.2, 0.25) is 5.69 Å². The Balaban J connectivity index is 2.08. The fourth-order valence-electron chi connectivity index (χ4n) is 2.60. The summed E-state index contributed by atoms with van der Waals surface area (Å²) < 4.78 is 7.77. The molecule has 19 heavy (non-hydrogen) atoms. The Morgan fingerprint density at radius 2 is 1.95 bits per heavy atom. The number of hydrogen-bond donors (Lipinski definition) is 0. The second-order valence-corrected chi connectivity index (χ2v) is 4.94. The van der Waals surface area contributed by atoms with Gasteiger partial charge in [-0.25, -0.2) is 0 Å². The monoisotopic (exact) mass is 252 g/mol. The molecule has 0 fully saturated rings. The topological polar surface area (TPSA) is 12.2 Å². The van der Waals surface area contributed by atoms with Crippen LogP contribution in [0.3, 0.4) is 0 Å². The molecule has 2 nitrogen and oxygen atoms in total. The highest BCUT2D eigenvalue weighted by Gasteiger charge is 2.20. The maximum absolute atomic E-state index is 5.46. The van der Waals surface area contributed by atoms with E-state index >= 15 is 0 Å². The average Bonchev–Trinajstić information content (AvgIpc) is 2.46. The van der Waals surface area contributed by atoms with Gasteiger partial charge >= 0.3 is 0 Å². The maximum atomic E-state index is 5.46. The van der Waals surface area contributed by atoms with Crippen molar-refractivity contribution in [3.8, 4) is 5.75 Å². The van der Waals surface area contributed by atoms with Gasteiger partial charge in [0.15, 0.2) is 12.8 Å². The molecule has 0 N–H and O–H groups in total. The van der Waals surface area contributed by atoms with Crippen LogP contribution in [0.2, 0.25) is 0 Å². The van der Waals surface area contributed by atoms with Gasteiger partial charge in [-0.2, -0.15) is 4.58 Å². The summed E-state index contributed by atoms with van der Waals surface area (Å²) in [4.78, 5) is 0. The average molecular weight is 252 g/mol. The minimum atomic E-state index is 0.954. The van der Waals surface area contributed by atoms with Crippen molar-refractivity contribution >= 4 is 11.9 Å². The van der Waals surface area contributed by atoms with E-state index in [9.17, 15) is 0 Å². The molecule has 0 amide bonds. The highest BCUT2D eigenvalue weighted by atomic mass is 16.5. The summed E-state index contributed by atoms with van der Waals surface area (Å²) in [6.07, 6.45) is 3.25. The van der Waals surface area contributed by atoms with Crippen molar-refractivity contribution in [3.63, 3.8) is 0 Å². The first-order chi connectivity index (χ1) is 9.28. The Labute approximate surface area is 114 Å². The number of fused-ring (bicyclic) bond motifs is 1. The molecule has 1 aliphatic rings. The third-order valence-electron chi connectivity index (χ3n) is 3.62. The van der Waals surface area contributed by atoms with Crippen molar-refractivity contribution in [2.45, 2.75) is 13.3 Å². The SMILES string of the molecule is COc1cccc2c1C=[N+](c1cccc(C)c1)CC2. The van der Waals surface area contributed by atoms with E-state index in [1.54, 1.807) is 7.11 Å². The molecule has 0 saturated heterocycles. The summed E-state index contributed by atoms with van der Waals surface area (Å²) in [5.41, 5.74) is 5.11. The smallest absolute Gasteiger partial charge is 0.205 e. The van der Waals surface area contributed by atoms with E-state index in [0.717, 1.165) is 18.7 Å². The van der Waals surface area contributed by atoms with Crippen LogP contribution in [0.4, 0.5) is 5.69 Å². The van der Waals surface area contributed by atoms with Crippen LogP contribution in [0.15, 0.2) is 42.5 Å². The number of ether oxygens (including phenoxy) is 1. The Kier molecular flexibility index (Phi) is 3.08. The predicted octanol–water partition coefficient (Wildman–Crippen LogP) is 3.32. The molecule has 2 aromatic carbocycles.